The van der Waals surface area contributed by atoms with E-state index in [-0.39, 0.29) is 0 Å². The Hall–Kier alpha value is -0.860. The average molecular weight is 234 g/mol. The number of thiophene rings is 2. The van der Waals surface area contributed by atoms with Crippen LogP contribution in [0.5, 0.6) is 0 Å². The van der Waals surface area contributed by atoms with E-state index in [0.29, 0.717) is 0 Å². The minimum atomic E-state index is 1.36. The summed E-state index contributed by atoms with van der Waals surface area (Å²) in [5, 5.41) is 0. The second kappa shape index (κ2) is 4.33. The van der Waals surface area contributed by atoms with Gasteiger partial charge in [0.15, 0.2) is 0 Å². The summed E-state index contributed by atoms with van der Waals surface area (Å²) in [4.78, 5) is 5.51. The van der Waals surface area contributed by atoms with Crippen LogP contribution in [0.2, 0.25) is 0 Å². The van der Waals surface area contributed by atoms with E-state index >= 15 is 0 Å². The zero-order valence-corrected chi connectivity index (χ0v) is 10.8. The molecule has 2 rings (SSSR count). The van der Waals surface area contributed by atoms with Gasteiger partial charge in [0.1, 0.15) is 0 Å². The van der Waals surface area contributed by atoms with Crippen molar-refractivity contribution in [1.82, 2.24) is 0 Å². The molecule has 2 heteroatoms. The molecule has 15 heavy (non-hydrogen) atoms. The Bertz CT molecular complexity index is 486. The summed E-state index contributed by atoms with van der Waals surface area (Å²) in [5.41, 5.74) is 1.36. The molecule has 0 amide bonds. The van der Waals surface area contributed by atoms with Gasteiger partial charge in [-0.2, -0.15) is 0 Å². The van der Waals surface area contributed by atoms with Gasteiger partial charge >= 0.3 is 0 Å². The summed E-state index contributed by atoms with van der Waals surface area (Å²) in [6, 6.07) is 8.82. The third-order valence-corrected chi connectivity index (χ3v) is 4.83. The fourth-order valence-corrected chi connectivity index (χ4v) is 3.39. The predicted molar refractivity (Wildman–Crippen MR) is 71.7 cm³/mol. The molecule has 2 aromatic rings. The molecule has 0 aliphatic carbocycles. The average Bonchev–Trinajstić information content (AvgIpc) is 2.84. The maximum absolute atomic E-state index is 2.22. The van der Waals surface area contributed by atoms with E-state index in [4.69, 9.17) is 0 Å². The topological polar surface area (TPSA) is 0 Å². The van der Waals surface area contributed by atoms with Crippen LogP contribution in [0.15, 0.2) is 30.3 Å². The lowest BCUT2D eigenvalue weighted by Gasteiger charge is -1.93. The number of hydrogen-bond acceptors (Lipinski definition) is 2. The zero-order valence-electron chi connectivity index (χ0n) is 9.20. The molecule has 0 saturated heterocycles. The van der Waals surface area contributed by atoms with Crippen molar-refractivity contribution in [2.75, 3.05) is 0 Å². The maximum atomic E-state index is 2.22. The van der Waals surface area contributed by atoms with Crippen molar-refractivity contribution in [2.24, 2.45) is 0 Å². The molecule has 0 aromatic carbocycles. The molecular formula is C13H14S2. The second-order valence-corrected chi connectivity index (χ2v) is 5.92. The molecule has 2 heterocycles. The van der Waals surface area contributed by atoms with E-state index < -0.39 is 0 Å². The van der Waals surface area contributed by atoms with Gasteiger partial charge in [0, 0.05) is 19.5 Å². The molecule has 2 aromatic heterocycles. The number of rotatable bonds is 2. The van der Waals surface area contributed by atoms with Crippen molar-refractivity contribution < 1.29 is 0 Å². The van der Waals surface area contributed by atoms with Crippen LogP contribution in [0, 0.1) is 6.92 Å². The summed E-state index contributed by atoms with van der Waals surface area (Å²) >= 11 is 3.74. The van der Waals surface area contributed by atoms with Crippen molar-refractivity contribution in [1.29, 1.82) is 0 Å². The fraction of sp³-hybridized carbons (Fsp3) is 0.231. The lowest BCUT2D eigenvalue weighted by molar-refractivity contribution is 1.64. The van der Waals surface area contributed by atoms with Crippen molar-refractivity contribution >= 4 is 28.2 Å². The Labute approximate surface area is 98.9 Å². The van der Waals surface area contributed by atoms with E-state index in [1.807, 2.05) is 22.7 Å². The van der Waals surface area contributed by atoms with Gasteiger partial charge in [-0.1, -0.05) is 6.08 Å². The summed E-state index contributed by atoms with van der Waals surface area (Å²) in [6.45, 7) is 6.40. The minimum absolute atomic E-state index is 1.36. The Balaban J connectivity index is 2.35. The SMILES string of the molecule is CC=C(C)c1ccc(-c2ccc(C)s2)s1. The van der Waals surface area contributed by atoms with E-state index in [2.05, 4.69) is 51.1 Å². The molecule has 0 fully saturated rings. The molecule has 0 unspecified atom stereocenters. The summed E-state index contributed by atoms with van der Waals surface area (Å²) in [7, 11) is 0. The van der Waals surface area contributed by atoms with Gasteiger partial charge < -0.3 is 0 Å². The Kier molecular flexibility index (Phi) is 3.08. The molecule has 78 valence electrons. The molecule has 0 aliphatic rings. The van der Waals surface area contributed by atoms with Crippen molar-refractivity contribution in [2.45, 2.75) is 20.8 Å². The fourth-order valence-electron chi connectivity index (χ4n) is 1.39. The largest absolute Gasteiger partial charge is 0.140 e. The molecule has 0 atom stereocenters. The molecule has 0 spiro atoms. The van der Waals surface area contributed by atoms with Crippen LogP contribution in [0.25, 0.3) is 15.3 Å². The highest BCUT2D eigenvalue weighted by molar-refractivity contribution is 7.22. The van der Waals surface area contributed by atoms with Crippen molar-refractivity contribution in [3.05, 3.63) is 40.1 Å². The van der Waals surface area contributed by atoms with E-state index in [9.17, 15) is 0 Å². The summed E-state index contributed by atoms with van der Waals surface area (Å²) in [6.07, 6.45) is 2.16. The van der Waals surface area contributed by atoms with E-state index in [1.165, 1.54) is 25.1 Å². The normalized spacial score (nSPS) is 12.1. The summed E-state index contributed by atoms with van der Waals surface area (Å²) < 4.78 is 0. The smallest absolute Gasteiger partial charge is 0.0449 e. The van der Waals surface area contributed by atoms with Crippen LogP contribution in [-0.4, -0.2) is 0 Å². The molecule has 0 nitrogen and oxygen atoms in total. The van der Waals surface area contributed by atoms with Crippen LogP contribution in [0.1, 0.15) is 23.6 Å². The third kappa shape index (κ3) is 2.21. The number of hydrogen-bond donors (Lipinski definition) is 0. The highest BCUT2D eigenvalue weighted by atomic mass is 32.1. The Morgan fingerprint density at radius 1 is 1.07 bits per heavy atom. The second-order valence-electron chi connectivity index (χ2n) is 3.55. The predicted octanol–water partition coefficient (Wildman–Crippen LogP) is 5.21. The molecular weight excluding hydrogens is 220 g/mol. The Morgan fingerprint density at radius 2 is 1.73 bits per heavy atom. The first-order valence-electron chi connectivity index (χ1n) is 5.00. The molecule has 0 bridgehead atoms. The first-order valence-corrected chi connectivity index (χ1v) is 6.64. The summed E-state index contributed by atoms with van der Waals surface area (Å²) in [5.74, 6) is 0. The maximum Gasteiger partial charge on any atom is 0.0449 e. The number of aryl methyl sites for hydroxylation is 1. The van der Waals surface area contributed by atoms with Gasteiger partial charge in [-0.3, -0.25) is 0 Å². The van der Waals surface area contributed by atoms with Crippen LogP contribution in [0.4, 0.5) is 0 Å². The quantitative estimate of drug-likeness (QED) is 0.669. The lowest BCUT2D eigenvalue weighted by Crippen LogP contribution is -1.66. The zero-order chi connectivity index (χ0) is 10.8. The van der Waals surface area contributed by atoms with Crippen molar-refractivity contribution in [3.8, 4) is 9.75 Å². The van der Waals surface area contributed by atoms with Crippen LogP contribution < -0.4 is 0 Å². The third-order valence-electron chi connectivity index (χ3n) is 2.41. The molecule has 0 aliphatic heterocycles. The molecule has 0 radical (unpaired) electrons. The van der Waals surface area contributed by atoms with Gasteiger partial charge in [-0.15, -0.1) is 22.7 Å². The first-order chi connectivity index (χ1) is 7.20. The van der Waals surface area contributed by atoms with Crippen LogP contribution in [0.3, 0.4) is 0 Å². The lowest BCUT2D eigenvalue weighted by atomic mass is 10.2. The highest BCUT2D eigenvalue weighted by Crippen LogP contribution is 2.35. The van der Waals surface area contributed by atoms with Gasteiger partial charge in [-0.05, 0) is 50.6 Å². The first kappa shape index (κ1) is 10.7. The van der Waals surface area contributed by atoms with E-state index in [1.54, 1.807) is 0 Å². The monoisotopic (exact) mass is 234 g/mol. The van der Waals surface area contributed by atoms with Gasteiger partial charge in [-0.25, -0.2) is 0 Å². The molecule has 0 saturated carbocycles. The van der Waals surface area contributed by atoms with Crippen LogP contribution in [-0.2, 0) is 0 Å². The standard InChI is InChI=1S/C13H14S2/c1-4-9(2)11-7-8-13(15-11)12-6-5-10(3)14-12/h4-8H,1-3H3. The minimum Gasteiger partial charge on any atom is -0.140 e. The van der Waals surface area contributed by atoms with Gasteiger partial charge in [0.2, 0.25) is 0 Å². The number of allylic oxidation sites excluding steroid dienone is 2. The molecule has 0 N–H and O–H groups in total. The highest BCUT2D eigenvalue weighted by Gasteiger charge is 2.05. The van der Waals surface area contributed by atoms with E-state index in [0.717, 1.165) is 0 Å². The van der Waals surface area contributed by atoms with Gasteiger partial charge in [0.05, 0.1) is 0 Å². The Morgan fingerprint density at radius 3 is 2.33 bits per heavy atom. The van der Waals surface area contributed by atoms with Crippen molar-refractivity contribution in [3.63, 3.8) is 0 Å². The van der Waals surface area contributed by atoms with Crippen LogP contribution >= 0.6 is 22.7 Å². The van der Waals surface area contributed by atoms with Gasteiger partial charge in [0.25, 0.3) is 0 Å².